The molecule has 364 valence electrons. The van der Waals surface area contributed by atoms with Crippen molar-refractivity contribution in [3.63, 3.8) is 0 Å². The van der Waals surface area contributed by atoms with E-state index in [1.165, 1.54) is 0 Å². The number of hydrogen-bond donors (Lipinski definition) is 0. The van der Waals surface area contributed by atoms with E-state index in [0.717, 1.165) is 141 Å². The quantitative estimate of drug-likeness (QED) is 0.0189. The van der Waals surface area contributed by atoms with Gasteiger partial charge in [0.15, 0.2) is 34.5 Å². The van der Waals surface area contributed by atoms with E-state index in [-0.39, 0.29) is 13.2 Å². The van der Waals surface area contributed by atoms with Gasteiger partial charge in [0.1, 0.15) is 0 Å². The first-order valence-electron chi connectivity index (χ1n) is 25.1. The summed E-state index contributed by atoms with van der Waals surface area (Å²) < 4.78 is 50.2. The first-order valence-corrected chi connectivity index (χ1v) is 25.1. The van der Waals surface area contributed by atoms with Crippen LogP contribution >= 0.6 is 0 Å². The van der Waals surface area contributed by atoms with E-state index in [4.69, 9.17) is 37.9 Å². The zero-order chi connectivity index (χ0) is 47.5. The van der Waals surface area contributed by atoms with Crippen molar-refractivity contribution in [3.8, 4) is 34.5 Å². The Kier molecular flexibility index (Phi) is 24.5. The monoisotopic (exact) mass is 913 g/mol. The lowest BCUT2D eigenvalue weighted by Gasteiger charge is -2.21. The van der Waals surface area contributed by atoms with Crippen LogP contribution in [0.4, 0.5) is 0 Å². The standard InChI is InChI=1S/C56H80O10/c1-9-13-17-21-27-59-49-35-43-44(36-50(49)60-28-22-18-14-10-2)47-39-53(63-31-25-33-65-55(57)41(5)6)52(62-30-24-20-16-12-4)38-46(47)48-40-54(64-32-26-34-66-56(58)42(7)8)51(37-45(43)48)61-29-23-19-15-11-3/h35-40H,5,7,9-34H2,1-4,6,8H3. The highest BCUT2D eigenvalue weighted by molar-refractivity contribution is 6.26. The topological polar surface area (TPSA) is 108 Å². The molecule has 0 saturated carbocycles. The van der Waals surface area contributed by atoms with Gasteiger partial charge in [0, 0.05) is 24.0 Å². The van der Waals surface area contributed by atoms with Crippen LogP contribution in [0.15, 0.2) is 60.7 Å². The van der Waals surface area contributed by atoms with Crippen molar-refractivity contribution in [2.45, 2.75) is 157 Å². The van der Waals surface area contributed by atoms with Crippen molar-refractivity contribution in [1.29, 1.82) is 0 Å². The van der Waals surface area contributed by atoms with E-state index in [1.54, 1.807) is 13.8 Å². The van der Waals surface area contributed by atoms with Crippen molar-refractivity contribution in [2.75, 3.05) is 52.9 Å². The molecule has 0 spiro atoms. The van der Waals surface area contributed by atoms with E-state index >= 15 is 0 Å². The minimum absolute atomic E-state index is 0.211. The van der Waals surface area contributed by atoms with E-state index in [2.05, 4.69) is 77.3 Å². The first-order chi connectivity index (χ1) is 32.1. The minimum Gasteiger partial charge on any atom is -0.490 e. The van der Waals surface area contributed by atoms with Gasteiger partial charge in [-0.3, -0.25) is 0 Å². The second kappa shape index (κ2) is 30.2. The predicted octanol–water partition coefficient (Wildman–Crippen LogP) is 14.8. The maximum atomic E-state index is 12.1. The SMILES string of the molecule is C=C(C)C(=O)OCCCOc1cc2c3cc(OCCCCCC)c(OCCCCCC)cc3c3cc(OCCCCCC)c(OCCCOC(=O)C(=C)C)cc3c2cc1OCCCCCC. The highest BCUT2D eigenvalue weighted by atomic mass is 16.5. The largest absolute Gasteiger partial charge is 0.490 e. The van der Waals surface area contributed by atoms with Crippen molar-refractivity contribution < 1.29 is 47.5 Å². The summed E-state index contributed by atoms with van der Waals surface area (Å²) in [5.41, 5.74) is 0.724. The zero-order valence-electron chi connectivity index (χ0n) is 41.3. The molecule has 0 aliphatic heterocycles. The number of unbranched alkanes of at least 4 members (excludes halogenated alkanes) is 12. The molecule has 4 aromatic carbocycles. The highest BCUT2D eigenvalue weighted by Crippen LogP contribution is 2.47. The third kappa shape index (κ3) is 17.3. The maximum Gasteiger partial charge on any atom is 0.333 e. The number of carbonyl (C=O) groups is 2. The fourth-order valence-electron chi connectivity index (χ4n) is 7.60. The summed E-state index contributed by atoms with van der Waals surface area (Å²) in [6, 6.07) is 12.6. The number of hydrogen-bond acceptors (Lipinski definition) is 10. The Morgan fingerprint density at radius 3 is 0.742 bits per heavy atom. The summed E-state index contributed by atoms with van der Waals surface area (Å²) in [5.74, 6) is 3.10. The third-order valence-electron chi connectivity index (χ3n) is 11.4. The maximum absolute atomic E-state index is 12.1. The predicted molar refractivity (Wildman–Crippen MR) is 269 cm³/mol. The van der Waals surface area contributed by atoms with Gasteiger partial charge in [-0.05, 0) is 108 Å². The van der Waals surface area contributed by atoms with Crippen LogP contribution in [0.2, 0.25) is 0 Å². The lowest BCUT2D eigenvalue weighted by Crippen LogP contribution is -2.10. The number of esters is 2. The first kappa shape index (κ1) is 53.5. The number of benzene rings is 4. The van der Waals surface area contributed by atoms with Gasteiger partial charge in [-0.25, -0.2) is 9.59 Å². The molecule has 0 aliphatic rings. The van der Waals surface area contributed by atoms with E-state index < -0.39 is 11.9 Å². The zero-order valence-corrected chi connectivity index (χ0v) is 41.3. The van der Waals surface area contributed by atoms with Crippen LogP contribution in [-0.4, -0.2) is 64.8 Å². The fourth-order valence-corrected chi connectivity index (χ4v) is 7.60. The molecule has 4 rings (SSSR count). The second-order valence-corrected chi connectivity index (χ2v) is 17.4. The molecular formula is C56H80O10. The Morgan fingerprint density at radius 1 is 0.333 bits per heavy atom. The smallest absolute Gasteiger partial charge is 0.333 e. The molecule has 0 amide bonds. The second-order valence-electron chi connectivity index (χ2n) is 17.4. The molecule has 0 atom stereocenters. The molecule has 0 radical (unpaired) electrons. The summed E-state index contributed by atoms with van der Waals surface area (Å²) >= 11 is 0. The molecule has 0 bridgehead atoms. The Bertz CT molecular complexity index is 2070. The van der Waals surface area contributed by atoms with Crippen LogP contribution in [0.5, 0.6) is 34.5 Å². The summed E-state index contributed by atoms with van der Waals surface area (Å²) in [5, 5.41) is 5.82. The number of rotatable bonds is 36. The normalized spacial score (nSPS) is 11.2. The molecule has 0 aliphatic carbocycles. The summed E-state index contributed by atoms with van der Waals surface area (Å²) in [6.45, 7) is 22.8. The van der Waals surface area contributed by atoms with Crippen LogP contribution in [0, 0.1) is 0 Å². The average molecular weight is 913 g/mol. The van der Waals surface area contributed by atoms with Gasteiger partial charge in [-0.1, -0.05) is 118 Å². The van der Waals surface area contributed by atoms with Gasteiger partial charge in [-0.15, -0.1) is 0 Å². The number of carbonyl (C=O) groups excluding carboxylic acids is 2. The van der Waals surface area contributed by atoms with Crippen LogP contribution in [0.1, 0.15) is 157 Å². The molecule has 0 fully saturated rings. The van der Waals surface area contributed by atoms with Gasteiger partial charge in [0.05, 0.1) is 52.9 Å². The molecule has 66 heavy (non-hydrogen) atoms. The molecule has 4 aromatic rings. The van der Waals surface area contributed by atoms with Crippen LogP contribution in [0.3, 0.4) is 0 Å². The number of ether oxygens (including phenoxy) is 8. The molecule has 10 heteroatoms. The average Bonchev–Trinajstić information content (AvgIpc) is 3.31. The Balaban J connectivity index is 1.94. The van der Waals surface area contributed by atoms with Gasteiger partial charge in [0.25, 0.3) is 0 Å². The van der Waals surface area contributed by atoms with Gasteiger partial charge >= 0.3 is 11.9 Å². The Morgan fingerprint density at radius 2 is 0.545 bits per heavy atom. The molecular weight excluding hydrogens is 833 g/mol. The van der Waals surface area contributed by atoms with Gasteiger partial charge < -0.3 is 37.9 Å². The fraction of sp³-hybridized carbons (Fsp3) is 0.571. The van der Waals surface area contributed by atoms with Crippen LogP contribution in [-0.2, 0) is 19.1 Å². The van der Waals surface area contributed by atoms with Crippen molar-refractivity contribution in [2.24, 2.45) is 0 Å². The van der Waals surface area contributed by atoms with Crippen molar-refractivity contribution in [1.82, 2.24) is 0 Å². The molecule has 0 N–H and O–H groups in total. The molecule has 0 unspecified atom stereocenters. The highest BCUT2D eigenvalue weighted by Gasteiger charge is 2.21. The van der Waals surface area contributed by atoms with E-state index in [9.17, 15) is 9.59 Å². The van der Waals surface area contributed by atoms with E-state index in [1.807, 2.05) is 0 Å². The minimum atomic E-state index is -0.414. The van der Waals surface area contributed by atoms with Gasteiger partial charge in [0.2, 0.25) is 0 Å². The lowest BCUT2D eigenvalue weighted by molar-refractivity contribution is -0.140. The molecule has 0 heterocycles. The van der Waals surface area contributed by atoms with Gasteiger partial charge in [-0.2, -0.15) is 0 Å². The Hall–Kier alpha value is -5.12. The van der Waals surface area contributed by atoms with E-state index in [0.29, 0.717) is 92.4 Å². The Labute approximate surface area is 395 Å². The number of fused-ring (bicyclic) bond motifs is 6. The van der Waals surface area contributed by atoms with Crippen LogP contribution < -0.4 is 28.4 Å². The lowest BCUT2D eigenvalue weighted by atomic mass is 9.93. The summed E-state index contributed by atoms with van der Waals surface area (Å²) in [7, 11) is 0. The summed E-state index contributed by atoms with van der Waals surface area (Å²) in [6.07, 6.45) is 18.3. The molecule has 0 aromatic heterocycles. The third-order valence-corrected chi connectivity index (χ3v) is 11.4. The molecule has 0 saturated heterocycles. The molecule has 10 nitrogen and oxygen atoms in total. The van der Waals surface area contributed by atoms with Crippen molar-refractivity contribution >= 4 is 44.3 Å². The van der Waals surface area contributed by atoms with Crippen molar-refractivity contribution in [3.05, 3.63) is 60.7 Å². The summed E-state index contributed by atoms with van der Waals surface area (Å²) in [4.78, 5) is 24.2. The van der Waals surface area contributed by atoms with Crippen LogP contribution in [0.25, 0.3) is 32.3 Å².